The first kappa shape index (κ1) is 10.5. The van der Waals surface area contributed by atoms with E-state index in [9.17, 15) is 0 Å². The highest BCUT2D eigenvalue weighted by atomic mass is 16.5. The molecule has 0 bridgehead atoms. The van der Waals surface area contributed by atoms with Crippen LogP contribution in [0.3, 0.4) is 0 Å². The fraction of sp³-hybridized carbons (Fsp3) is 0.250. The number of aryl methyl sites for hydroxylation is 1. The van der Waals surface area contributed by atoms with Gasteiger partial charge in [0.2, 0.25) is 0 Å². The molecule has 0 aliphatic rings. The van der Waals surface area contributed by atoms with Crippen molar-refractivity contribution in [2.24, 2.45) is 0 Å². The molecule has 4 nitrogen and oxygen atoms in total. The number of ether oxygens (including phenoxy) is 1. The number of rotatable bonds is 4. The summed E-state index contributed by atoms with van der Waals surface area (Å²) in [6, 6.07) is 5.95. The van der Waals surface area contributed by atoms with Crippen molar-refractivity contribution in [3.8, 4) is 5.75 Å². The highest BCUT2D eigenvalue weighted by Crippen LogP contribution is 2.21. The first-order valence-corrected chi connectivity index (χ1v) is 5.05. The number of nitrogens with one attached hydrogen (secondary N) is 1. The van der Waals surface area contributed by atoms with Gasteiger partial charge in [-0.1, -0.05) is 0 Å². The summed E-state index contributed by atoms with van der Waals surface area (Å²) in [5.74, 6) is 1.71. The molecule has 0 unspecified atom stereocenters. The van der Waals surface area contributed by atoms with Gasteiger partial charge in [-0.15, -0.1) is 0 Å². The van der Waals surface area contributed by atoms with Gasteiger partial charge in [-0.2, -0.15) is 0 Å². The zero-order valence-corrected chi connectivity index (χ0v) is 9.36. The van der Waals surface area contributed by atoms with Gasteiger partial charge in [0.1, 0.15) is 11.5 Å². The Morgan fingerprint density at radius 3 is 2.94 bits per heavy atom. The van der Waals surface area contributed by atoms with E-state index in [0.717, 1.165) is 22.8 Å². The van der Waals surface area contributed by atoms with Gasteiger partial charge in [0, 0.05) is 5.69 Å². The third-order valence-corrected chi connectivity index (χ3v) is 2.35. The molecule has 1 N–H and O–H groups in total. The second-order valence-corrected chi connectivity index (χ2v) is 3.51. The Labute approximate surface area is 94.3 Å². The van der Waals surface area contributed by atoms with Crippen molar-refractivity contribution in [3.05, 3.63) is 42.1 Å². The molecule has 4 heteroatoms. The van der Waals surface area contributed by atoms with Gasteiger partial charge in [0.15, 0.2) is 6.39 Å². The van der Waals surface area contributed by atoms with E-state index in [2.05, 4.69) is 10.3 Å². The Balaban J connectivity index is 2.02. The molecule has 0 fully saturated rings. The molecule has 1 heterocycles. The summed E-state index contributed by atoms with van der Waals surface area (Å²) >= 11 is 0. The second-order valence-electron chi connectivity index (χ2n) is 3.51. The van der Waals surface area contributed by atoms with Crippen molar-refractivity contribution in [2.45, 2.75) is 13.5 Å². The molecule has 0 spiro atoms. The van der Waals surface area contributed by atoms with Crippen molar-refractivity contribution in [2.75, 3.05) is 12.4 Å². The fourth-order valence-corrected chi connectivity index (χ4v) is 1.51. The average Bonchev–Trinajstić information content (AvgIpc) is 2.79. The van der Waals surface area contributed by atoms with Crippen LogP contribution in [0.4, 0.5) is 5.69 Å². The smallest absolute Gasteiger partial charge is 0.180 e. The lowest BCUT2D eigenvalue weighted by atomic mass is 10.2. The van der Waals surface area contributed by atoms with Gasteiger partial charge < -0.3 is 14.5 Å². The van der Waals surface area contributed by atoms with Crippen LogP contribution in [0.25, 0.3) is 0 Å². The number of methoxy groups -OCH3 is 1. The third-order valence-electron chi connectivity index (χ3n) is 2.35. The normalized spacial score (nSPS) is 10.1. The third kappa shape index (κ3) is 2.34. The Morgan fingerprint density at radius 2 is 2.31 bits per heavy atom. The summed E-state index contributed by atoms with van der Waals surface area (Å²) in [7, 11) is 1.67. The average molecular weight is 218 g/mol. The van der Waals surface area contributed by atoms with E-state index in [0.29, 0.717) is 6.54 Å². The van der Waals surface area contributed by atoms with E-state index in [-0.39, 0.29) is 0 Å². The second kappa shape index (κ2) is 4.70. The molecular formula is C12H14N2O2. The van der Waals surface area contributed by atoms with E-state index in [1.165, 1.54) is 6.39 Å². The van der Waals surface area contributed by atoms with Crippen LogP contribution in [-0.4, -0.2) is 12.1 Å². The first-order valence-electron chi connectivity index (χ1n) is 5.05. The van der Waals surface area contributed by atoms with Gasteiger partial charge in [-0.3, -0.25) is 0 Å². The Bertz CT molecular complexity index is 452. The molecule has 0 radical (unpaired) electrons. The minimum absolute atomic E-state index is 0.631. The quantitative estimate of drug-likeness (QED) is 0.856. The summed E-state index contributed by atoms with van der Waals surface area (Å²) in [6.45, 7) is 2.64. The first-order chi connectivity index (χ1) is 7.79. The summed E-state index contributed by atoms with van der Waals surface area (Å²) in [5, 5.41) is 3.25. The van der Waals surface area contributed by atoms with Crippen LogP contribution in [0.5, 0.6) is 5.75 Å². The van der Waals surface area contributed by atoms with Gasteiger partial charge in [0.25, 0.3) is 0 Å². The topological polar surface area (TPSA) is 47.3 Å². The van der Waals surface area contributed by atoms with Gasteiger partial charge in [-0.25, -0.2) is 4.98 Å². The number of aromatic nitrogens is 1. The van der Waals surface area contributed by atoms with Crippen molar-refractivity contribution in [1.29, 1.82) is 0 Å². The van der Waals surface area contributed by atoms with Crippen molar-refractivity contribution >= 4 is 5.69 Å². The van der Waals surface area contributed by atoms with E-state index >= 15 is 0 Å². The maximum Gasteiger partial charge on any atom is 0.180 e. The van der Waals surface area contributed by atoms with Crippen LogP contribution in [0.15, 0.2) is 35.2 Å². The summed E-state index contributed by atoms with van der Waals surface area (Å²) in [4.78, 5) is 3.85. The number of benzene rings is 1. The summed E-state index contributed by atoms with van der Waals surface area (Å²) in [6.07, 6.45) is 3.12. The van der Waals surface area contributed by atoms with Crippen LogP contribution >= 0.6 is 0 Å². The molecule has 2 rings (SSSR count). The monoisotopic (exact) mass is 218 g/mol. The number of nitrogens with zero attached hydrogens (tertiary/aromatic N) is 1. The molecule has 0 saturated heterocycles. The van der Waals surface area contributed by atoms with Crippen LogP contribution in [0, 0.1) is 6.92 Å². The van der Waals surface area contributed by atoms with E-state index in [4.69, 9.17) is 9.15 Å². The van der Waals surface area contributed by atoms with Crippen LogP contribution in [0.1, 0.15) is 11.3 Å². The molecule has 0 saturated carbocycles. The van der Waals surface area contributed by atoms with Crippen molar-refractivity contribution in [3.63, 3.8) is 0 Å². The minimum Gasteiger partial charge on any atom is -0.496 e. The molecular weight excluding hydrogens is 204 g/mol. The van der Waals surface area contributed by atoms with Crippen LogP contribution in [0.2, 0.25) is 0 Å². The lowest BCUT2D eigenvalue weighted by molar-refractivity contribution is 0.412. The van der Waals surface area contributed by atoms with Crippen LogP contribution in [-0.2, 0) is 6.54 Å². The molecule has 0 amide bonds. The number of hydrogen-bond acceptors (Lipinski definition) is 4. The molecule has 16 heavy (non-hydrogen) atoms. The number of hydrogen-bond donors (Lipinski definition) is 1. The SMILES string of the molecule is COc1ccc(NCc2cnco2)cc1C. The molecule has 1 aromatic carbocycles. The molecule has 84 valence electrons. The standard InChI is InChI=1S/C12H14N2O2/c1-9-5-10(3-4-12(9)15-2)14-7-11-6-13-8-16-11/h3-6,8,14H,7H2,1-2H3. The number of anilines is 1. The lowest BCUT2D eigenvalue weighted by Gasteiger charge is -2.08. The van der Waals surface area contributed by atoms with E-state index < -0.39 is 0 Å². The van der Waals surface area contributed by atoms with Gasteiger partial charge >= 0.3 is 0 Å². The highest BCUT2D eigenvalue weighted by molar-refractivity contribution is 5.50. The van der Waals surface area contributed by atoms with Crippen molar-refractivity contribution < 1.29 is 9.15 Å². The molecule has 2 aromatic rings. The summed E-state index contributed by atoms with van der Waals surface area (Å²) in [5.41, 5.74) is 2.14. The minimum atomic E-state index is 0.631. The Hall–Kier alpha value is -1.97. The van der Waals surface area contributed by atoms with E-state index in [1.807, 2.05) is 25.1 Å². The zero-order valence-electron chi connectivity index (χ0n) is 9.36. The predicted molar refractivity (Wildman–Crippen MR) is 61.6 cm³/mol. The molecule has 0 aliphatic heterocycles. The van der Waals surface area contributed by atoms with Crippen molar-refractivity contribution in [1.82, 2.24) is 4.98 Å². The number of oxazole rings is 1. The van der Waals surface area contributed by atoms with Gasteiger partial charge in [-0.05, 0) is 30.7 Å². The molecule has 0 aliphatic carbocycles. The molecule has 0 atom stereocenters. The largest absolute Gasteiger partial charge is 0.496 e. The predicted octanol–water partition coefficient (Wildman–Crippen LogP) is 2.60. The van der Waals surface area contributed by atoms with E-state index in [1.54, 1.807) is 13.3 Å². The maximum absolute atomic E-state index is 5.19. The fourth-order valence-electron chi connectivity index (χ4n) is 1.51. The highest BCUT2D eigenvalue weighted by Gasteiger charge is 2.00. The molecule has 1 aromatic heterocycles. The Morgan fingerprint density at radius 1 is 1.44 bits per heavy atom. The van der Waals surface area contributed by atoms with Crippen LogP contribution < -0.4 is 10.1 Å². The van der Waals surface area contributed by atoms with Gasteiger partial charge in [0.05, 0.1) is 19.9 Å². The lowest BCUT2D eigenvalue weighted by Crippen LogP contribution is -1.98. The Kier molecular flexibility index (Phi) is 3.10. The summed E-state index contributed by atoms with van der Waals surface area (Å²) < 4.78 is 10.3. The maximum atomic E-state index is 5.19. The zero-order chi connectivity index (χ0) is 11.4.